The molecule has 0 aliphatic carbocycles. The van der Waals surface area contributed by atoms with Crippen LogP contribution in [0.2, 0.25) is 0 Å². The topological polar surface area (TPSA) is 94.3 Å². The molecule has 26 heavy (non-hydrogen) atoms. The van der Waals surface area contributed by atoms with Crippen molar-refractivity contribution < 1.29 is 18.8 Å². The van der Waals surface area contributed by atoms with Crippen molar-refractivity contribution >= 4 is 11.9 Å². The molecule has 0 aliphatic heterocycles. The summed E-state index contributed by atoms with van der Waals surface area (Å²) in [4.78, 5) is 29.0. The zero-order chi connectivity index (χ0) is 19.3. The van der Waals surface area contributed by atoms with E-state index in [0.29, 0.717) is 11.4 Å². The van der Waals surface area contributed by atoms with Gasteiger partial charge in [-0.3, -0.25) is 4.79 Å². The van der Waals surface area contributed by atoms with Gasteiger partial charge in [0.2, 0.25) is 0 Å². The molecule has 1 N–H and O–H groups in total. The molecule has 2 aromatic rings. The van der Waals surface area contributed by atoms with Gasteiger partial charge in [-0.2, -0.15) is 4.98 Å². The summed E-state index contributed by atoms with van der Waals surface area (Å²) in [5, 5.41) is 6.56. The average molecular weight is 359 g/mol. The molecule has 7 heteroatoms. The number of aromatic nitrogens is 2. The minimum atomic E-state index is -0.768. The molecule has 1 heterocycles. The molecule has 0 saturated heterocycles. The lowest BCUT2D eigenvalue weighted by Gasteiger charge is -2.20. The number of hydrogen-bond acceptors (Lipinski definition) is 6. The van der Waals surface area contributed by atoms with Gasteiger partial charge in [0.05, 0.1) is 0 Å². The summed E-state index contributed by atoms with van der Waals surface area (Å²) in [7, 11) is 0. The molecule has 1 amide bonds. The van der Waals surface area contributed by atoms with E-state index in [-0.39, 0.29) is 30.2 Å². The molecule has 7 nitrogen and oxygen atoms in total. The number of carbonyl (C=O) groups is 2. The predicted octanol–water partition coefficient (Wildman–Crippen LogP) is 3.00. The van der Waals surface area contributed by atoms with Crippen molar-refractivity contribution in [3.8, 4) is 0 Å². The molecule has 0 unspecified atom stereocenters. The summed E-state index contributed by atoms with van der Waals surface area (Å²) in [6, 6.07) is 6.41. The smallest absolute Gasteiger partial charge is 0.329 e. The Hall–Kier alpha value is -2.70. The fraction of sp³-hybridized carbons (Fsp3) is 0.474. The summed E-state index contributed by atoms with van der Waals surface area (Å²) in [6.45, 7) is 9.34. The van der Waals surface area contributed by atoms with E-state index in [1.807, 2.05) is 40.7 Å². The summed E-state index contributed by atoms with van der Waals surface area (Å²) < 4.78 is 10.3. The van der Waals surface area contributed by atoms with Crippen molar-refractivity contribution in [1.29, 1.82) is 0 Å². The monoisotopic (exact) mass is 359 g/mol. The molecule has 2 rings (SSSR count). The zero-order valence-electron chi connectivity index (χ0n) is 15.8. The number of benzene rings is 1. The van der Waals surface area contributed by atoms with E-state index in [2.05, 4.69) is 15.5 Å². The molecule has 0 fully saturated rings. The number of aryl methyl sites for hydroxylation is 1. The van der Waals surface area contributed by atoms with Crippen LogP contribution >= 0.6 is 0 Å². The van der Waals surface area contributed by atoms with E-state index in [0.717, 1.165) is 5.56 Å². The molecule has 0 radical (unpaired) electrons. The van der Waals surface area contributed by atoms with E-state index in [9.17, 15) is 9.59 Å². The van der Waals surface area contributed by atoms with Gasteiger partial charge >= 0.3 is 5.97 Å². The van der Waals surface area contributed by atoms with Crippen LogP contribution in [0.25, 0.3) is 0 Å². The van der Waals surface area contributed by atoms with Gasteiger partial charge in [-0.1, -0.05) is 50.5 Å². The maximum atomic E-state index is 12.4. The highest BCUT2D eigenvalue weighted by Gasteiger charge is 2.27. The van der Waals surface area contributed by atoms with E-state index in [1.165, 1.54) is 0 Å². The number of nitrogens with one attached hydrogen (secondary N) is 1. The minimum Gasteiger partial charge on any atom is -0.454 e. The molecule has 1 atom stereocenters. The summed E-state index contributed by atoms with van der Waals surface area (Å²) >= 11 is 0. The van der Waals surface area contributed by atoms with Crippen LogP contribution in [0.1, 0.15) is 61.2 Å². The number of hydrogen-bond donors (Lipinski definition) is 1. The van der Waals surface area contributed by atoms with Gasteiger partial charge in [-0.25, -0.2) is 4.79 Å². The normalized spacial score (nSPS) is 12.3. The Bertz CT molecular complexity index is 768. The first-order valence-corrected chi connectivity index (χ1v) is 8.64. The Morgan fingerprint density at radius 3 is 2.54 bits per heavy atom. The van der Waals surface area contributed by atoms with E-state index < -0.39 is 12.0 Å². The van der Waals surface area contributed by atoms with Gasteiger partial charge in [0, 0.05) is 11.5 Å². The van der Waals surface area contributed by atoms with Crippen LogP contribution < -0.4 is 5.32 Å². The van der Waals surface area contributed by atoms with E-state index in [1.54, 1.807) is 18.2 Å². The van der Waals surface area contributed by atoms with Crippen LogP contribution in [0, 0.1) is 12.8 Å². The van der Waals surface area contributed by atoms with Gasteiger partial charge in [-0.05, 0) is 25.0 Å². The third kappa shape index (κ3) is 5.15. The maximum Gasteiger partial charge on any atom is 0.329 e. The second kappa shape index (κ2) is 8.60. The molecule has 1 aromatic carbocycles. The first kappa shape index (κ1) is 19.6. The average Bonchev–Trinajstić information content (AvgIpc) is 3.06. The van der Waals surface area contributed by atoms with Gasteiger partial charge in [0.1, 0.15) is 6.04 Å². The number of ether oxygens (including phenoxy) is 1. The lowest BCUT2D eigenvalue weighted by atomic mass is 10.0. The molecule has 140 valence electrons. The Balaban J connectivity index is 1.99. The van der Waals surface area contributed by atoms with E-state index in [4.69, 9.17) is 9.26 Å². The van der Waals surface area contributed by atoms with Gasteiger partial charge < -0.3 is 14.6 Å². The Morgan fingerprint density at radius 1 is 1.23 bits per heavy atom. The number of nitrogens with zero attached hydrogens (tertiary/aromatic N) is 2. The zero-order valence-corrected chi connectivity index (χ0v) is 15.8. The Kier molecular flexibility index (Phi) is 6.49. The van der Waals surface area contributed by atoms with Crippen LogP contribution in [0.3, 0.4) is 0 Å². The SMILES string of the molecule is Cc1cccc(C(=O)N[C@H](C(=O)OCc2nc(C(C)C)no2)C(C)C)c1. The van der Waals surface area contributed by atoms with Crippen LogP contribution in [0.4, 0.5) is 0 Å². The van der Waals surface area contributed by atoms with Crippen LogP contribution in [-0.4, -0.2) is 28.1 Å². The highest BCUT2D eigenvalue weighted by Crippen LogP contribution is 2.12. The first-order valence-electron chi connectivity index (χ1n) is 8.64. The largest absolute Gasteiger partial charge is 0.454 e. The van der Waals surface area contributed by atoms with Crippen LogP contribution in [0.15, 0.2) is 28.8 Å². The number of carbonyl (C=O) groups excluding carboxylic acids is 2. The van der Waals surface area contributed by atoms with Gasteiger partial charge in [0.25, 0.3) is 11.8 Å². The Morgan fingerprint density at radius 2 is 1.96 bits per heavy atom. The first-order chi connectivity index (χ1) is 12.3. The van der Waals surface area contributed by atoms with Crippen molar-refractivity contribution in [3.63, 3.8) is 0 Å². The molecular formula is C19H25N3O4. The van der Waals surface area contributed by atoms with E-state index >= 15 is 0 Å². The van der Waals surface area contributed by atoms with Gasteiger partial charge in [-0.15, -0.1) is 0 Å². The molecule has 1 aromatic heterocycles. The van der Waals surface area contributed by atoms with Gasteiger partial charge in [0.15, 0.2) is 12.4 Å². The Labute approximate surface area is 153 Å². The van der Waals surface area contributed by atoms with Crippen LogP contribution in [0.5, 0.6) is 0 Å². The minimum absolute atomic E-state index is 0.123. The highest BCUT2D eigenvalue weighted by atomic mass is 16.6. The third-order valence-electron chi connectivity index (χ3n) is 3.83. The summed E-state index contributed by atoms with van der Waals surface area (Å²) in [5.41, 5.74) is 1.47. The van der Waals surface area contributed by atoms with Crippen molar-refractivity contribution in [2.45, 2.75) is 53.2 Å². The quantitative estimate of drug-likeness (QED) is 0.764. The van der Waals surface area contributed by atoms with Crippen molar-refractivity contribution in [3.05, 3.63) is 47.1 Å². The van der Waals surface area contributed by atoms with Crippen molar-refractivity contribution in [2.24, 2.45) is 5.92 Å². The molecular weight excluding hydrogens is 334 g/mol. The van der Waals surface area contributed by atoms with Crippen LogP contribution in [-0.2, 0) is 16.1 Å². The van der Waals surface area contributed by atoms with Crippen molar-refractivity contribution in [2.75, 3.05) is 0 Å². The number of amides is 1. The second-order valence-corrected chi connectivity index (χ2v) is 6.87. The lowest BCUT2D eigenvalue weighted by molar-refractivity contribution is -0.149. The summed E-state index contributed by atoms with van der Waals surface area (Å²) in [6.07, 6.45) is 0. The maximum absolute atomic E-state index is 12.4. The molecule has 0 aliphatic rings. The third-order valence-corrected chi connectivity index (χ3v) is 3.83. The number of rotatable bonds is 7. The predicted molar refractivity (Wildman–Crippen MR) is 95.5 cm³/mol. The fourth-order valence-corrected chi connectivity index (χ4v) is 2.29. The standard InChI is InChI=1S/C19H25N3O4/c1-11(2)16(21-18(23)14-8-6-7-13(5)9-14)19(24)25-10-15-20-17(12(3)4)22-26-15/h6-9,11-12,16H,10H2,1-5H3,(H,21,23)/t16-/m0/s1. The molecule has 0 spiro atoms. The summed E-state index contributed by atoms with van der Waals surface area (Å²) in [5.74, 6) is -0.0706. The van der Waals surface area contributed by atoms with Crippen molar-refractivity contribution in [1.82, 2.24) is 15.5 Å². The fourth-order valence-electron chi connectivity index (χ4n) is 2.29. The lowest BCUT2D eigenvalue weighted by Crippen LogP contribution is -2.45. The number of esters is 1. The second-order valence-electron chi connectivity index (χ2n) is 6.87. The highest BCUT2D eigenvalue weighted by molar-refractivity contribution is 5.97. The molecule has 0 saturated carbocycles. The molecule has 0 bridgehead atoms.